The second-order valence-electron chi connectivity index (χ2n) is 10.3. The highest BCUT2D eigenvalue weighted by Crippen LogP contribution is 2.35. The number of ether oxygens (including phenoxy) is 1. The van der Waals surface area contributed by atoms with Crippen molar-refractivity contribution in [3.8, 4) is 5.75 Å². The van der Waals surface area contributed by atoms with E-state index in [1.165, 1.54) is 5.56 Å². The Balaban J connectivity index is 1.45. The molecule has 1 heterocycles. The van der Waals surface area contributed by atoms with Crippen LogP contribution in [0.2, 0.25) is 5.02 Å². The van der Waals surface area contributed by atoms with Gasteiger partial charge in [0.05, 0.1) is 13.2 Å². The lowest BCUT2D eigenvalue weighted by Crippen LogP contribution is -2.51. The van der Waals surface area contributed by atoms with E-state index in [0.717, 1.165) is 24.1 Å². The average molecular weight is 534 g/mol. The summed E-state index contributed by atoms with van der Waals surface area (Å²) in [5.41, 5.74) is 2.68. The van der Waals surface area contributed by atoms with E-state index in [0.29, 0.717) is 43.4 Å². The molecule has 1 atom stereocenters. The second kappa shape index (κ2) is 12.8. The molecule has 0 radical (unpaired) electrons. The molecule has 1 aliphatic heterocycles. The highest BCUT2D eigenvalue weighted by molar-refractivity contribution is 6.30. The quantitative estimate of drug-likeness (QED) is 0.358. The fourth-order valence-corrected chi connectivity index (χ4v) is 4.99. The fourth-order valence-electron chi connectivity index (χ4n) is 4.86. The molecule has 0 unspecified atom stereocenters. The van der Waals surface area contributed by atoms with Crippen LogP contribution < -0.4 is 10.1 Å². The molecule has 4 rings (SSSR count). The fraction of sp³-hybridized carbons (Fsp3) is 0.355. The Morgan fingerprint density at radius 1 is 1.03 bits per heavy atom. The van der Waals surface area contributed by atoms with Gasteiger partial charge in [0.2, 0.25) is 11.8 Å². The summed E-state index contributed by atoms with van der Waals surface area (Å²) in [5, 5.41) is 3.87. The average Bonchev–Trinajstić information content (AvgIpc) is 2.93. The molecule has 0 aromatic heterocycles. The largest absolute Gasteiger partial charge is 0.493 e. The third-order valence-corrected chi connectivity index (χ3v) is 7.33. The summed E-state index contributed by atoms with van der Waals surface area (Å²) in [5.74, 6) is 0.759. The SMILES string of the molecule is Cc1ccc(NCC(=O)N2CCC[C@@](COc3ccc(Cl)cc3)(CC(=O)N(C)Cc3ccccc3)C2)cc1. The molecule has 1 aliphatic rings. The van der Waals surface area contributed by atoms with Crippen LogP contribution in [0.4, 0.5) is 5.69 Å². The van der Waals surface area contributed by atoms with Crippen LogP contribution in [0, 0.1) is 12.3 Å². The molecule has 2 amide bonds. The molecule has 0 bridgehead atoms. The van der Waals surface area contributed by atoms with Gasteiger partial charge in [0.25, 0.3) is 0 Å². The summed E-state index contributed by atoms with van der Waals surface area (Å²) in [7, 11) is 1.83. The van der Waals surface area contributed by atoms with E-state index < -0.39 is 5.41 Å². The number of benzene rings is 3. The van der Waals surface area contributed by atoms with Gasteiger partial charge in [0.15, 0.2) is 0 Å². The van der Waals surface area contributed by atoms with Gasteiger partial charge in [-0.25, -0.2) is 0 Å². The van der Waals surface area contributed by atoms with Crippen LogP contribution in [0.15, 0.2) is 78.9 Å². The first-order chi connectivity index (χ1) is 18.3. The number of carbonyl (C=O) groups is 2. The van der Waals surface area contributed by atoms with Crippen molar-refractivity contribution in [1.82, 2.24) is 9.80 Å². The number of nitrogens with zero attached hydrogens (tertiary/aromatic N) is 2. The normalized spacial score (nSPS) is 17.1. The number of amides is 2. The second-order valence-corrected chi connectivity index (χ2v) is 10.7. The smallest absolute Gasteiger partial charge is 0.241 e. The summed E-state index contributed by atoms with van der Waals surface area (Å²) < 4.78 is 6.19. The van der Waals surface area contributed by atoms with Crippen LogP contribution in [-0.4, -0.2) is 54.9 Å². The maximum Gasteiger partial charge on any atom is 0.241 e. The highest BCUT2D eigenvalue weighted by Gasteiger charge is 2.40. The van der Waals surface area contributed by atoms with Crippen molar-refractivity contribution in [2.24, 2.45) is 5.41 Å². The van der Waals surface area contributed by atoms with Gasteiger partial charge in [-0.1, -0.05) is 59.6 Å². The van der Waals surface area contributed by atoms with Crippen LogP contribution in [-0.2, 0) is 16.1 Å². The van der Waals surface area contributed by atoms with E-state index in [1.807, 2.05) is 85.6 Å². The first-order valence-corrected chi connectivity index (χ1v) is 13.4. The molecule has 1 fully saturated rings. The zero-order valence-corrected chi connectivity index (χ0v) is 22.9. The minimum absolute atomic E-state index is 0.0197. The Labute approximate surface area is 230 Å². The van der Waals surface area contributed by atoms with Crippen LogP contribution in [0.3, 0.4) is 0 Å². The number of hydrogen-bond donors (Lipinski definition) is 1. The van der Waals surface area contributed by atoms with Gasteiger partial charge in [-0.2, -0.15) is 0 Å². The predicted molar refractivity (Wildman–Crippen MR) is 152 cm³/mol. The molecule has 38 heavy (non-hydrogen) atoms. The van der Waals surface area contributed by atoms with Crippen molar-refractivity contribution in [2.45, 2.75) is 32.7 Å². The summed E-state index contributed by atoms with van der Waals surface area (Å²) >= 11 is 6.04. The maximum absolute atomic E-state index is 13.4. The van der Waals surface area contributed by atoms with Crippen molar-refractivity contribution < 1.29 is 14.3 Å². The van der Waals surface area contributed by atoms with Crippen molar-refractivity contribution >= 4 is 29.1 Å². The molecule has 1 N–H and O–H groups in total. The molecule has 6 nitrogen and oxygen atoms in total. The zero-order valence-electron chi connectivity index (χ0n) is 22.2. The van der Waals surface area contributed by atoms with E-state index in [9.17, 15) is 9.59 Å². The van der Waals surface area contributed by atoms with Gasteiger partial charge in [-0.05, 0) is 61.7 Å². The number of likely N-dealkylation sites (tertiary alicyclic amines) is 1. The molecular weight excluding hydrogens is 498 g/mol. The molecule has 1 saturated heterocycles. The number of anilines is 1. The summed E-state index contributed by atoms with van der Waals surface area (Å²) in [6.45, 7) is 4.27. The summed E-state index contributed by atoms with van der Waals surface area (Å²) in [6, 6.07) is 25.2. The topological polar surface area (TPSA) is 61.9 Å². The van der Waals surface area contributed by atoms with Gasteiger partial charge in [-0.15, -0.1) is 0 Å². The Kier molecular flexibility index (Phi) is 9.29. The monoisotopic (exact) mass is 533 g/mol. The Morgan fingerprint density at radius 2 is 1.74 bits per heavy atom. The first-order valence-electron chi connectivity index (χ1n) is 13.1. The number of halogens is 1. The van der Waals surface area contributed by atoms with E-state index in [1.54, 1.807) is 17.0 Å². The van der Waals surface area contributed by atoms with Crippen molar-refractivity contribution in [2.75, 3.05) is 38.6 Å². The van der Waals surface area contributed by atoms with Crippen LogP contribution in [0.25, 0.3) is 0 Å². The van der Waals surface area contributed by atoms with Gasteiger partial charge >= 0.3 is 0 Å². The van der Waals surface area contributed by atoms with Crippen LogP contribution in [0.1, 0.15) is 30.4 Å². The van der Waals surface area contributed by atoms with E-state index in [2.05, 4.69) is 5.32 Å². The third-order valence-electron chi connectivity index (χ3n) is 7.08. The van der Waals surface area contributed by atoms with Crippen molar-refractivity contribution in [3.63, 3.8) is 0 Å². The Bertz CT molecular complexity index is 1200. The van der Waals surface area contributed by atoms with Gasteiger partial charge < -0.3 is 19.9 Å². The number of carbonyl (C=O) groups excluding carboxylic acids is 2. The van der Waals surface area contributed by atoms with E-state index >= 15 is 0 Å². The third kappa shape index (κ3) is 7.75. The molecule has 3 aromatic rings. The lowest BCUT2D eigenvalue weighted by Gasteiger charge is -2.43. The number of aryl methyl sites for hydroxylation is 1. The minimum Gasteiger partial charge on any atom is -0.493 e. The molecule has 7 heteroatoms. The maximum atomic E-state index is 13.4. The Hall–Kier alpha value is -3.51. The van der Waals surface area contributed by atoms with Crippen LogP contribution in [0.5, 0.6) is 5.75 Å². The van der Waals surface area contributed by atoms with Crippen molar-refractivity contribution in [3.05, 3.63) is 95.0 Å². The minimum atomic E-state index is -0.487. The molecule has 3 aromatic carbocycles. The standard InChI is InChI=1S/C31H36ClN3O3/c1-24-9-13-27(14-10-24)33-20-30(37)35-18-6-17-31(22-35,23-38-28-15-11-26(32)12-16-28)19-29(36)34(2)21-25-7-4-3-5-8-25/h3-5,7-16,33H,6,17-23H2,1-2H3/t31-/m1/s1. The van der Waals surface area contributed by atoms with Gasteiger partial charge in [0, 0.05) is 49.2 Å². The molecule has 0 saturated carbocycles. The molecular formula is C31H36ClN3O3. The lowest BCUT2D eigenvalue weighted by molar-refractivity contribution is -0.140. The van der Waals surface area contributed by atoms with Crippen molar-refractivity contribution in [1.29, 1.82) is 0 Å². The summed E-state index contributed by atoms with van der Waals surface area (Å²) in [6.07, 6.45) is 1.93. The van der Waals surface area contributed by atoms with E-state index in [4.69, 9.17) is 16.3 Å². The highest BCUT2D eigenvalue weighted by atomic mass is 35.5. The molecule has 0 spiro atoms. The number of nitrogens with one attached hydrogen (secondary N) is 1. The molecule has 200 valence electrons. The van der Waals surface area contributed by atoms with E-state index in [-0.39, 0.29) is 18.4 Å². The first kappa shape index (κ1) is 27.5. The number of rotatable bonds is 10. The van der Waals surface area contributed by atoms with Gasteiger partial charge in [0.1, 0.15) is 5.75 Å². The van der Waals surface area contributed by atoms with Crippen LogP contribution >= 0.6 is 11.6 Å². The number of hydrogen-bond acceptors (Lipinski definition) is 4. The Morgan fingerprint density at radius 3 is 2.45 bits per heavy atom. The molecule has 0 aliphatic carbocycles. The number of piperidine rings is 1. The lowest BCUT2D eigenvalue weighted by atomic mass is 9.77. The van der Waals surface area contributed by atoms with Gasteiger partial charge in [-0.3, -0.25) is 9.59 Å². The summed E-state index contributed by atoms with van der Waals surface area (Å²) in [4.78, 5) is 30.3. The predicted octanol–water partition coefficient (Wildman–Crippen LogP) is 5.80. The zero-order chi connectivity index (χ0) is 27.0.